The zero-order valence-corrected chi connectivity index (χ0v) is 17.3. The molecule has 0 radical (unpaired) electrons. The molecule has 0 spiro atoms. The fraction of sp³-hybridized carbons (Fsp3) is 0.333. The van der Waals surface area contributed by atoms with Gasteiger partial charge < -0.3 is 19.1 Å². The summed E-state index contributed by atoms with van der Waals surface area (Å²) in [6.07, 6.45) is -0.130. The summed E-state index contributed by atoms with van der Waals surface area (Å²) in [5, 5.41) is 0. The maximum atomic E-state index is 9.35. The van der Waals surface area contributed by atoms with Crippen LogP contribution in [-0.2, 0) is 11.2 Å². The Morgan fingerprint density at radius 1 is 1.00 bits per heavy atom. The van der Waals surface area contributed by atoms with Gasteiger partial charge in [0.1, 0.15) is 8.82 Å². The molecule has 2 aliphatic rings. The molecule has 0 aromatic heterocycles. The molecule has 4 nitrogen and oxygen atoms in total. The minimum absolute atomic E-state index is 0.0999. The molecule has 4 heteroatoms. The van der Waals surface area contributed by atoms with Gasteiger partial charge in [-0.2, -0.15) is 0 Å². The van der Waals surface area contributed by atoms with Gasteiger partial charge in [0.2, 0.25) is 6.75 Å². The number of benzene rings is 3. The molecule has 1 saturated heterocycles. The Balaban J connectivity index is 1.32. The second-order valence-corrected chi connectivity index (χ2v) is 7.79. The fourth-order valence-corrected chi connectivity index (χ4v) is 3.97. The van der Waals surface area contributed by atoms with E-state index in [0.717, 1.165) is 24.0 Å². The van der Waals surface area contributed by atoms with E-state index in [2.05, 4.69) is 0 Å². The minimum atomic E-state index is -2.21. The molecule has 1 fully saturated rings. The fourth-order valence-electron chi connectivity index (χ4n) is 3.97. The van der Waals surface area contributed by atoms with Crippen molar-refractivity contribution in [2.24, 2.45) is 0 Å². The van der Waals surface area contributed by atoms with Crippen LogP contribution in [-0.4, -0.2) is 37.3 Å². The molecule has 31 heavy (non-hydrogen) atoms. The van der Waals surface area contributed by atoms with Crippen molar-refractivity contribution in [1.29, 1.82) is 0 Å². The number of nitrogens with zero attached hydrogens (tertiary/aromatic N) is 1. The molecule has 1 atom stereocenters. The molecule has 0 bridgehead atoms. The molecule has 5 rings (SSSR count). The largest absolute Gasteiger partial charge is 0.454 e. The number of likely N-dealkylation sites (tertiary alicyclic amines) is 1. The molecule has 0 unspecified atom stereocenters. The van der Waals surface area contributed by atoms with Crippen molar-refractivity contribution in [3.63, 3.8) is 0 Å². The number of piperidine rings is 1. The third kappa shape index (κ3) is 4.92. The molecule has 0 aliphatic carbocycles. The summed E-state index contributed by atoms with van der Waals surface area (Å²) in [6.45, 7) is -2.93. The summed E-state index contributed by atoms with van der Waals surface area (Å²) in [7, 11) is 0. The topological polar surface area (TPSA) is 30.9 Å². The Morgan fingerprint density at radius 3 is 2.45 bits per heavy atom. The van der Waals surface area contributed by atoms with Crippen molar-refractivity contribution in [3.05, 3.63) is 95.6 Å². The molecular formula is C27H29NO3. The second-order valence-electron chi connectivity index (χ2n) is 7.79. The Kier molecular flexibility index (Phi) is 4.64. The van der Waals surface area contributed by atoms with Gasteiger partial charge in [-0.25, -0.2) is 0 Å². The number of rotatable bonds is 7. The van der Waals surface area contributed by atoms with Crippen molar-refractivity contribution >= 4 is 0 Å². The summed E-state index contributed by atoms with van der Waals surface area (Å²) in [4.78, 5) is 1.78. The van der Waals surface area contributed by atoms with Crippen LogP contribution in [0.2, 0.25) is 0 Å². The SMILES string of the molecule is [2H]C1([2H])Oc2ccc(CC([2H])([2H])N3CCC[C@@H](OC([2H])(c4ccccc4)c4ccccc4)C3)cc2O1. The van der Waals surface area contributed by atoms with E-state index < -0.39 is 19.3 Å². The van der Waals surface area contributed by atoms with Gasteiger partial charge in [-0.3, -0.25) is 0 Å². The van der Waals surface area contributed by atoms with E-state index in [1.54, 1.807) is 23.1 Å². The molecule has 2 aliphatic heterocycles. The number of hydrogen-bond acceptors (Lipinski definition) is 4. The third-order valence-electron chi connectivity index (χ3n) is 5.55. The standard InChI is InChI=1S/C27H29NO3/c1-3-8-22(9-4-1)27(23-10-5-2-6-11-23)31-24-12-7-16-28(19-24)17-15-21-13-14-25-26(18-21)30-20-29-25/h1-6,8-11,13-14,18,24,27H,7,12,15-17,19-20H2/t24-/m1/s1/i17D2,20D2,27D. The first kappa shape index (κ1) is 15.1. The Labute approximate surface area is 191 Å². The summed E-state index contributed by atoms with van der Waals surface area (Å²) in [6, 6.07) is 24.0. The van der Waals surface area contributed by atoms with E-state index in [-0.39, 0.29) is 18.3 Å². The molecule has 0 saturated carbocycles. The minimum Gasteiger partial charge on any atom is -0.454 e. The quantitative estimate of drug-likeness (QED) is 0.524. The first-order valence-corrected chi connectivity index (χ1v) is 10.7. The highest BCUT2D eigenvalue weighted by atomic mass is 16.7. The Bertz CT molecular complexity index is 1150. The van der Waals surface area contributed by atoms with Crippen LogP contribution in [0.15, 0.2) is 78.9 Å². The maximum absolute atomic E-state index is 9.35. The Hall–Kier alpha value is -2.82. The molecule has 3 aromatic carbocycles. The average Bonchev–Trinajstić information content (AvgIpc) is 3.18. The lowest BCUT2D eigenvalue weighted by atomic mass is 10.00. The van der Waals surface area contributed by atoms with Gasteiger partial charge >= 0.3 is 0 Å². The molecule has 3 aromatic rings. The van der Waals surface area contributed by atoms with E-state index in [1.807, 2.05) is 60.7 Å². The smallest absolute Gasteiger partial charge is 0.231 e. The highest BCUT2D eigenvalue weighted by Crippen LogP contribution is 2.33. The third-order valence-corrected chi connectivity index (χ3v) is 5.55. The molecule has 160 valence electrons. The number of aryl methyl sites for hydroxylation is 1. The van der Waals surface area contributed by atoms with Gasteiger partial charge in [0.25, 0.3) is 0 Å². The Morgan fingerprint density at radius 2 is 1.71 bits per heavy atom. The maximum Gasteiger partial charge on any atom is 0.231 e. The first-order valence-electron chi connectivity index (χ1n) is 13.2. The second kappa shape index (κ2) is 9.54. The van der Waals surface area contributed by atoms with Crippen LogP contribution in [0.4, 0.5) is 0 Å². The zero-order chi connectivity index (χ0) is 25.4. The van der Waals surface area contributed by atoms with Crippen LogP contribution >= 0.6 is 0 Å². The summed E-state index contributed by atoms with van der Waals surface area (Å²) in [5.74, 6) is 0.585. The van der Waals surface area contributed by atoms with E-state index in [0.29, 0.717) is 24.4 Å². The number of hydrogen-bond donors (Lipinski definition) is 0. The van der Waals surface area contributed by atoms with Crippen molar-refractivity contribution in [1.82, 2.24) is 4.90 Å². The molecule has 0 amide bonds. The van der Waals surface area contributed by atoms with Gasteiger partial charge in [0, 0.05) is 15.8 Å². The highest BCUT2D eigenvalue weighted by molar-refractivity contribution is 5.44. The zero-order valence-electron chi connectivity index (χ0n) is 22.3. The number of ether oxygens (including phenoxy) is 3. The molecular weight excluding hydrogens is 386 g/mol. The van der Waals surface area contributed by atoms with Crippen LogP contribution in [0.5, 0.6) is 11.5 Å². The van der Waals surface area contributed by atoms with Crippen molar-refractivity contribution < 1.29 is 21.1 Å². The van der Waals surface area contributed by atoms with Gasteiger partial charge in [0.15, 0.2) is 11.5 Å². The number of fused-ring (bicyclic) bond motifs is 1. The summed E-state index contributed by atoms with van der Waals surface area (Å²) >= 11 is 0. The van der Waals surface area contributed by atoms with Gasteiger partial charge in [-0.1, -0.05) is 66.7 Å². The van der Waals surface area contributed by atoms with E-state index in [1.165, 1.54) is 0 Å². The molecule has 2 heterocycles. The normalized spacial score (nSPS) is 23.2. The average molecular weight is 421 g/mol. The van der Waals surface area contributed by atoms with Crippen molar-refractivity contribution in [2.75, 3.05) is 26.3 Å². The predicted octanol–water partition coefficient (Wildman–Crippen LogP) is 5.23. The summed E-state index contributed by atoms with van der Waals surface area (Å²) in [5.41, 5.74) is 2.15. The van der Waals surface area contributed by atoms with Gasteiger partial charge in [0.05, 0.1) is 7.47 Å². The van der Waals surface area contributed by atoms with E-state index in [4.69, 9.17) is 19.7 Å². The van der Waals surface area contributed by atoms with Crippen molar-refractivity contribution in [3.8, 4) is 11.5 Å². The van der Waals surface area contributed by atoms with Crippen LogP contribution in [0.3, 0.4) is 0 Å². The van der Waals surface area contributed by atoms with Crippen molar-refractivity contribution in [2.45, 2.75) is 31.4 Å². The lowest BCUT2D eigenvalue weighted by Gasteiger charge is -2.35. The lowest BCUT2D eigenvalue weighted by Crippen LogP contribution is -2.41. The van der Waals surface area contributed by atoms with E-state index >= 15 is 0 Å². The van der Waals surface area contributed by atoms with Crippen LogP contribution in [0.25, 0.3) is 0 Å². The summed E-state index contributed by atoms with van der Waals surface area (Å²) < 4.78 is 59.0. The monoisotopic (exact) mass is 420 g/mol. The van der Waals surface area contributed by atoms with Gasteiger partial charge in [-0.05, 0) is 54.6 Å². The predicted molar refractivity (Wildman–Crippen MR) is 122 cm³/mol. The van der Waals surface area contributed by atoms with Gasteiger partial charge in [-0.15, -0.1) is 0 Å². The van der Waals surface area contributed by atoms with Crippen LogP contribution < -0.4 is 9.47 Å². The lowest BCUT2D eigenvalue weighted by molar-refractivity contribution is -0.0330. The van der Waals surface area contributed by atoms with Crippen LogP contribution in [0.1, 0.15) is 42.5 Å². The van der Waals surface area contributed by atoms with E-state index in [9.17, 15) is 1.37 Å². The highest BCUT2D eigenvalue weighted by Gasteiger charge is 2.25. The molecule has 0 N–H and O–H groups in total. The first-order chi connectivity index (χ1) is 17.1. The van der Waals surface area contributed by atoms with Crippen LogP contribution in [0, 0.1) is 0 Å².